The molecule has 6 heteroatoms. The van der Waals surface area contributed by atoms with Gasteiger partial charge in [0.2, 0.25) is 0 Å². The molecule has 0 aliphatic carbocycles. The minimum absolute atomic E-state index is 0.104. The fraction of sp³-hybridized carbons (Fsp3) is 0.712. The van der Waals surface area contributed by atoms with E-state index < -0.39 is 6.10 Å². The van der Waals surface area contributed by atoms with Gasteiger partial charge in [0.25, 0.3) is 0 Å². The molecule has 0 amide bonds. The predicted molar refractivity (Wildman–Crippen MR) is 279 cm³/mol. The molecule has 0 fully saturated rings. The van der Waals surface area contributed by atoms with E-state index in [9.17, 15) is 14.4 Å². The Labute approximate surface area is 401 Å². The van der Waals surface area contributed by atoms with E-state index in [0.717, 1.165) is 89.9 Å². The van der Waals surface area contributed by atoms with Gasteiger partial charge in [0.1, 0.15) is 13.2 Å². The molecule has 1 unspecified atom stereocenters. The van der Waals surface area contributed by atoms with Gasteiger partial charge >= 0.3 is 17.9 Å². The molecule has 0 heterocycles. The summed E-state index contributed by atoms with van der Waals surface area (Å²) in [6.45, 7) is 6.45. The van der Waals surface area contributed by atoms with E-state index in [1.807, 2.05) is 0 Å². The number of carbonyl (C=O) groups is 3. The van der Waals surface area contributed by atoms with Gasteiger partial charge in [-0.1, -0.05) is 209 Å². The van der Waals surface area contributed by atoms with Crippen molar-refractivity contribution in [2.45, 2.75) is 258 Å². The molecule has 0 aliphatic heterocycles. The summed E-state index contributed by atoms with van der Waals surface area (Å²) in [7, 11) is 0. The zero-order valence-electron chi connectivity index (χ0n) is 42.5. The van der Waals surface area contributed by atoms with Crippen molar-refractivity contribution < 1.29 is 28.6 Å². The second-order valence-corrected chi connectivity index (χ2v) is 17.7. The molecule has 0 N–H and O–H groups in total. The van der Waals surface area contributed by atoms with Gasteiger partial charge in [0.05, 0.1) is 0 Å². The van der Waals surface area contributed by atoms with Crippen LogP contribution in [0.5, 0.6) is 0 Å². The van der Waals surface area contributed by atoms with Crippen molar-refractivity contribution in [3.05, 3.63) is 85.1 Å². The van der Waals surface area contributed by atoms with Crippen molar-refractivity contribution in [2.75, 3.05) is 13.2 Å². The lowest BCUT2D eigenvalue weighted by atomic mass is 10.1. The Bertz CT molecular complexity index is 1270. The predicted octanol–water partition coefficient (Wildman–Crippen LogP) is 18.0. The largest absolute Gasteiger partial charge is 0.462 e. The third-order valence-corrected chi connectivity index (χ3v) is 11.4. The van der Waals surface area contributed by atoms with Crippen LogP contribution in [0.4, 0.5) is 0 Å². The summed E-state index contributed by atoms with van der Waals surface area (Å²) >= 11 is 0. The van der Waals surface area contributed by atoms with Crippen molar-refractivity contribution >= 4 is 17.9 Å². The van der Waals surface area contributed by atoms with Crippen LogP contribution >= 0.6 is 0 Å². The first kappa shape index (κ1) is 61.6. The van der Waals surface area contributed by atoms with Gasteiger partial charge in [0.15, 0.2) is 6.10 Å². The molecule has 0 aliphatic rings. The van der Waals surface area contributed by atoms with E-state index in [2.05, 4.69) is 106 Å². The highest BCUT2D eigenvalue weighted by molar-refractivity contribution is 5.71. The molecule has 0 bridgehead atoms. The number of unbranched alkanes of at least 4 members (excludes halogenated alkanes) is 23. The monoisotopic (exact) mass is 905 g/mol. The standard InChI is InChI=1S/C59H100O6/c1-4-7-10-13-16-19-22-25-27-29-31-34-37-40-43-46-49-52-58(61)64-55-56(54-63-57(60)51-48-45-42-39-36-33-24-21-18-15-12-9-6-3)65-59(62)53-50-47-44-41-38-35-32-30-28-26-23-20-17-14-11-8-5-2/h7,10,16,19,25-28,31,33-34,36,40,43,56H,4-6,8-9,11-15,17-18,20-24,29-30,32,35,37-39,41-42,44-55H2,1-3H3/b10-7-,19-16-,27-25-,28-26-,34-31-,36-33-,43-40-. The topological polar surface area (TPSA) is 78.9 Å². The van der Waals surface area contributed by atoms with Crippen molar-refractivity contribution in [2.24, 2.45) is 0 Å². The number of hydrogen-bond donors (Lipinski definition) is 0. The lowest BCUT2D eigenvalue weighted by Crippen LogP contribution is -2.30. The summed E-state index contributed by atoms with van der Waals surface area (Å²) in [4.78, 5) is 38.0. The third-order valence-electron chi connectivity index (χ3n) is 11.4. The Kier molecular flexibility index (Phi) is 50.4. The molecule has 0 aromatic rings. The molecule has 65 heavy (non-hydrogen) atoms. The molecule has 0 spiro atoms. The molecule has 0 saturated carbocycles. The van der Waals surface area contributed by atoms with Crippen LogP contribution in [-0.2, 0) is 28.6 Å². The van der Waals surface area contributed by atoms with E-state index in [4.69, 9.17) is 14.2 Å². The quantitative estimate of drug-likeness (QED) is 0.0262. The summed E-state index contributed by atoms with van der Waals surface area (Å²) in [5.41, 5.74) is 0. The Morgan fingerprint density at radius 3 is 1.03 bits per heavy atom. The van der Waals surface area contributed by atoms with Crippen LogP contribution < -0.4 is 0 Å². The fourth-order valence-corrected chi connectivity index (χ4v) is 7.29. The number of allylic oxidation sites excluding steroid dienone is 14. The minimum atomic E-state index is -0.807. The van der Waals surface area contributed by atoms with Gasteiger partial charge in [0, 0.05) is 19.3 Å². The van der Waals surface area contributed by atoms with Crippen LogP contribution in [0.25, 0.3) is 0 Å². The zero-order valence-corrected chi connectivity index (χ0v) is 42.5. The number of carbonyl (C=O) groups excluding carboxylic acids is 3. The maximum absolute atomic E-state index is 12.8. The SMILES string of the molecule is CC/C=C\C/C=C\C/C=C\C/C=C\C/C=C\CCCC(=O)OCC(COC(=O)CCCCC/C=C\CCCCCCCC)OC(=O)CCCCCCCCC/C=C\CCCCCCCC. The van der Waals surface area contributed by atoms with E-state index in [-0.39, 0.29) is 37.5 Å². The van der Waals surface area contributed by atoms with Crippen molar-refractivity contribution in [3.63, 3.8) is 0 Å². The first-order valence-electron chi connectivity index (χ1n) is 27.1. The van der Waals surface area contributed by atoms with Crippen molar-refractivity contribution in [1.29, 1.82) is 0 Å². The second-order valence-electron chi connectivity index (χ2n) is 17.7. The van der Waals surface area contributed by atoms with Gasteiger partial charge in [-0.05, 0) is 109 Å². The fourth-order valence-electron chi connectivity index (χ4n) is 7.29. The van der Waals surface area contributed by atoms with Gasteiger partial charge in [-0.25, -0.2) is 0 Å². The molecule has 0 rings (SSSR count). The van der Waals surface area contributed by atoms with Crippen LogP contribution in [-0.4, -0.2) is 37.2 Å². The van der Waals surface area contributed by atoms with Crippen LogP contribution in [0.3, 0.4) is 0 Å². The number of rotatable bonds is 48. The second kappa shape index (κ2) is 53.2. The van der Waals surface area contributed by atoms with Crippen LogP contribution in [0.2, 0.25) is 0 Å². The summed E-state index contributed by atoms with van der Waals surface area (Å²) in [6, 6.07) is 0. The highest BCUT2D eigenvalue weighted by Crippen LogP contribution is 2.14. The van der Waals surface area contributed by atoms with Gasteiger partial charge in [-0.15, -0.1) is 0 Å². The molecule has 1 atom stereocenters. The summed E-state index contributed by atoms with van der Waals surface area (Å²) in [6.07, 6.45) is 68.6. The average molecular weight is 905 g/mol. The van der Waals surface area contributed by atoms with Gasteiger partial charge in [-0.2, -0.15) is 0 Å². The van der Waals surface area contributed by atoms with E-state index in [1.54, 1.807) is 0 Å². The molecule has 6 nitrogen and oxygen atoms in total. The zero-order chi connectivity index (χ0) is 47.2. The van der Waals surface area contributed by atoms with Crippen LogP contribution in [0.1, 0.15) is 252 Å². The number of hydrogen-bond acceptors (Lipinski definition) is 6. The summed E-state index contributed by atoms with van der Waals surface area (Å²) in [5.74, 6) is -0.982. The molecule has 0 saturated heterocycles. The average Bonchev–Trinajstić information content (AvgIpc) is 3.30. The minimum Gasteiger partial charge on any atom is -0.462 e. The molecule has 372 valence electrons. The van der Waals surface area contributed by atoms with Crippen molar-refractivity contribution in [1.82, 2.24) is 0 Å². The number of ether oxygens (including phenoxy) is 3. The van der Waals surface area contributed by atoms with E-state index >= 15 is 0 Å². The normalized spacial score (nSPS) is 12.7. The lowest BCUT2D eigenvalue weighted by Gasteiger charge is -2.18. The van der Waals surface area contributed by atoms with Crippen LogP contribution in [0.15, 0.2) is 85.1 Å². The Hall–Kier alpha value is -3.41. The number of esters is 3. The van der Waals surface area contributed by atoms with E-state index in [1.165, 1.54) is 116 Å². The summed E-state index contributed by atoms with van der Waals surface area (Å²) in [5, 5.41) is 0. The molecule has 0 radical (unpaired) electrons. The Balaban J connectivity index is 4.49. The van der Waals surface area contributed by atoms with E-state index in [0.29, 0.717) is 19.3 Å². The van der Waals surface area contributed by atoms with Gasteiger partial charge < -0.3 is 14.2 Å². The van der Waals surface area contributed by atoms with Gasteiger partial charge in [-0.3, -0.25) is 14.4 Å². The smallest absolute Gasteiger partial charge is 0.306 e. The molecule has 0 aromatic heterocycles. The van der Waals surface area contributed by atoms with Crippen molar-refractivity contribution in [3.8, 4) is 0 Å². The lowest BCUT2D eigenvalue weighted by molar-refractivity contribution is -0.167. The maximum Gasteiger partial charge on any atom is 0.306 e. The molecular weight excluding hydrogens is 805 g/mol. The molecular formula is C59H100O6. The molecule has 0 aromatic carbocycles. The Morgan fingerprint density at radius 1 is 0.323 bits per heavy atom. The highest BCUT2D eigenvalue weighted by atomic mass is 16.6. The summed E-state index contributed by atoms with van der Waals surface area (Å²) < 4.78 is 16.8. The Morgan fingerprint density at radius 2 is 0.615 bits per heavy atom. The highest BCUT2D eigenvalue weighted by Gasteiger charge is 2.19. The first-order chi connectivity index (χ1) is 32.0. The van der Waals surface area contributed by atoms with Crippen LogP contribution in [0, 0.1) is 0 Å². The maximum atomic E-state index is 12.8. The first-order valence-corrected chi connectivity index (χ1v) is 27.1. The third kappa shape index (κ3) is 51.4.